The van der Waals surface area contributed by atoms with Crippen LogP contribution in [-0.2, 0) is 26.2 Å². The van der Waals surface area contributed by atoms with Crippen molar-refractivity contribution < 1.29 is 32.2 Å². The Hall–Kier alpha value is -3.96. The Bertz CT molecular complexity index is 1500. The number of halogens is 1. The van der Waals surface area contributed by atoms with Gasteiger partial charge in [0, 0.05) is 24.2 Å². The molecule has 0 radical (unpaired) electrons. The van der Waals surface area contributed by atoms with Crippen LogP contribution >= 0.6 is 11.6 Å². The molecule has 12 heteroatoms. The average Bonchev–Trinajstić information content (AvgIpc) is 3.02. The van der Waals surface area contributed by atoms with E-state index in [4.69, 9.17) is 25.8 Å². The van der Waals surface area contributed by atoms with Crippen molar-refractivity contribution in [1.82, 2.24) is 10.2 Å². The maximum atomic E-state index is 14.2. The van der Waals surface area contributed by atoms with Crippen LogP contribution in [0.3, 0.4) is 0 Å². The molecule has 0 saturated heterocycles. The summed E-state index contributed by atoms with van der Waals surface area (Å²) < 4.78 is 45.2. The molecule has 232 valence electrons. The number of methoxy groups -OCH3 is 3. The van der Waals surface area contributed by atoms with Gasteiger partial charge in [-0.15, -0.1) is 0 Å². The molecule has 0 heterocycles. The van der Waals surface area contributed by atoms with E-state index in [0.717, 1.165) is 16.3 Å². The van der Waals surface area contributed by atoms with Gasteiger partial charge in [-0.05, 0) is 66.9 Å². The summed E-state index contributed by atoms with van der Waals surface area (Å²) in [6.45, 7) is 3.66. The molecule has 0 bridgehead atoms. The van der Waals surface area contributed by atoms with E-state index in [1.165, 1.54) is 56.6 Å². The Morgan fingerprint density at radius 2 is 1.60 bits per heavy atom. The Morgan fingerprint density at radius 3 is 2.21 bits per heavy atom. The molecule has 0 saturated carbocycles. The van der Waals surface area contributed by atoms with Gasteiger partial charge in [0.2, 0.25) is 11.8 Å². The molecule has 0 aliphatic heterocycles. The van der Waals surface area contributed by atoms with Crippen molar-refractivity contribution in [2.75, 3.05) is 38.7 Å². The Labute approximate surface area is 258 Å². The molecule has 3 aromatic rings. The lowest BCUT2D eigenvalue weighted by atomic mass is 10.1. The normalized spacial score (nSPS) is 11.8. The molecule has 1 N–H and O–H groups in total. The highest BCUT2D eigenvalue weighted by Gasteiger charge is 2.34. The van der Waals surface area contributed by atoms with Crippen LogP contribution in [0.5, 0.6) is 17.2 Å². The minimum atomic E-state index is -4.32. The number of rotatable bonds is 15. The van der Waals surface area contributed by atoms with Gasteiger partial charge >= 0.3 is 0 Å². The van der Waals surface area contributed by atoms with Crippen LogP contribution in [0.2, 0.25) is 5.02 Å². The van der Waals surface area contributed by atoms with Crippen molar-refractivity contribution in [2.45, 2.75) is 44.2 Å². The molecule has 1 atom stereocenters. The van der Waals surface area contributed by atoms with Crippen molar-refractivity contribution in [3.8, 4) is 17.2 Å². The molecule has 0 fully saturated rings. The highest BCUT2D eigenvalue weighted by atomic mass is 35.5. The summed E-state index contributed by atoms with van der Waals surface area (Å²) in [5, 5.41) is 3.27. The number of nitrogens with zero attached hydrogens (tertiary/aromatic N) is 2. The van der Waals surface area contributed by atoms with E-state index in [0.29, 0.717) is 29.5 Å². The van der Waals surface area contributed by atoms with E-state index in [2.05, 4.69) is 5.32 Å². The summed E-state index contributed by atoms with van der Waals surface area (Å²) in [7, 11) is 0.0722. The number of benzene rings is 3. The SMILES string of the molecule is CCCNC(=O)C(CC)N(Cc1cccc(OC)c1)C(=O)CN(c1ccc(Cl)cc1)S(=O)(=O)c1ccc(OC)c(OC)c1. The minimum Gasteiger partial charge on any atom is -0.497 e. The molecule has 10 nitrogen and oxygen atoms in total. The maximum Gasteiger partial charge on any atom is 0.264 e. The largest absolute Gasteiger partial charge is 0.497 e. The maximum absolute atomic E-state index is 14.2. The first-order chi connectivity index (χ1) is 20.6. The molecule has 0 spiro atoms. The van der Waals surface area contributed by atoms with Gasteiger partial charge in [-0.1, -0.05) is 37.6 Å². The number of sulfonamides is 1. The van der Waals surface area contributed by atoms with Crippen molar-refractivity contribution in [3.63, 3.8) is 0 Å². The predicted molar refractivity (Wildman–Crippen MR) is 166 cm³/mol. The first-order valence-corrected chi connectivity index (χ1v) is 15.6. The Kier molecular flexibility index (Phi) is 12.1. The van der Waals surface area contributed by atoms with E-state index in [1.807, 2.05) is 13.0 Å². The second kappa shape index (κ2) is 15.5. The van der Waals surface area contributed by atoms with Crippen LogP contribution in [-0.4, -0.2) is 65.6 Å². The third-order valence-corrected chi connectivity index (χ3v) is 8.78. The summed E-state index contributed by atoms with van der Waals surface area (Å²) in [6.07, 6.45) is 1.04. The van der Waals surface area contributed by atoms with Gasteiger partial charge in [0.1, 0.15) is 18.3 Å². The number of hydrogen-bond donors (Lipinski definition) is 1. The lowest BCUT2D eigenvalue weighted by Crippen LogP contribution is -2.52. The zero-order chi connectivity index (χ0) is 31.6. The van der Waals surface area contributed by atoms with E-state index in [1.54, 1.807) is 37.3 Å². The number of carbonyl (C=O) groups excluding carboxylic acids is 2. The Balaban J connectivity index is 2.09. The molecule has 2 amide bonds. The fourth-order valence-corrected chi connectivity index (χ4v) is 6.05. The monoisotopic (exact) mass is 631 g/mol. The van der Waals surface area contributed by atoms with Crippen LogP contribution in [0.15, 0.2) is 71.6 Å². The Morgan fingerprint density at radius 1 is 0.907 bits per heavy atom. The van der Waals surface area contributed by atoms with E-state index < -0.39 is 28.5 Å². The lowest BCUT2D eigenvalue weighted by Gasteiger charge is -2.33. The molecular weight excluding hydrogens is 594 g/mol. The van der Waals surface area contributed by atoms with E-state index >= 15 is 0 Å². The number of nitrogens with one attached hydrogen (secondary N) is 1. The fraction of sp³-hybridized carbons (Fsp3) is 0.355. The van der Waals surface area contributed by atoms with Crippen LogP contribution in [0.1, 0.15) is 32.3 Å². The molecule has 3 aromatic carbocycles. The molecule has 1 unspecified atom stereocenters. The first kappa shape index (κ1) is 33.5. The number of anilines is 1. The minimum absolute atomic E-state index is 0.0545. The summed E-state index contributed by atoms with van der Waals surface area (Å²) in [4.78, 5) is 28.7. The van der Waals surface area contributed by atoms with Crippen LogP contribution < -0.4 is 23.8 Å². The first-order valence-electron chi connectivity index (χ1n) is 13.8. The summed E-state index contributed by atoms with van der Waals surface area (Å²) in [6, 6.07) is 16.6. The van der Waals surface area contributed by atoms with Gasteiger partial charge in [-0.25, -0.2) is 8.42 Å². The number of amides is 2. The highest BCUT2D eigenvalue weighted by molar-refractivity contribution is 7.92. The predicted octanol–water partition coefficient (Wildman–Crippen LogP) is 4.89. The van der Waals surface area contributed by atoms with Gasteiger partial charge in [0.15, 0.2) is 11.5 Å². The van der Waals surface area contributed by atoms with Crippen LogP contribution in [0.25, 0.3) is 0 Å². The second-order valence-corrected chi connectivity index (χ2v) is 11.9. The lowest BCUT2D eigenvalue weighted by molar-refractivity contribution is -0.140. The smallest absolute Gasteiger partial charge is 0.264 e. The van der Waals surface area contributed by atoms with Crippen molar-refractivity contribution >= 4 is 39.1 Å². The zero-order valence-corrected chi connectivity index (χ0v) is 26.6. The average molecular weight is 632 g/mol. The molecule has 43 heavy (non-hydrogen) atoms. The van der Waals surface area contributed by atoms with E-state index in [9.17, 15) is 18.0 Å². The van der Waals surface area contributed by atoms with Gasteiger partial charge in [-0.3, -0.25) is 13.9 Å². The molecule has 3 rings (SSSR count). The summed E-state index contributed by atoms with van der Waals surface area (Å²) in [5.41, 5.74) is 0.938. The van der Waals surface area contributed by atoms with E-state index in [-0.39, 0.29) is 28.8 Å². The van der Waals surface area contributed by atoms with Crippen molar-refractivity contribution in [1.29, 1.82) is 0 Å². The summed E-state index contributed by atoms with van der Waals surface area (Å²) >= 11 is 6.10. The zero-order valence-electron chi connectivity index (χ0n) is 25.0. The topological polar surface area (TPSA) is 114 Å². The summed E-state index contributed by atoms with van der Waals surface area (Å²) in [5.74, 6) is 0.266. The second-order valence-electron chi connectivity index (χ2n) is 9.59. The van der Waals surface area contributed by atoms with Gasteiger partial charge in [-0.2, -0.15) is 0 Å². The van der Waals surface area contributed by atoms with Gasteiger partial charge in [0.05, 0.1) is 31.9 Å². The molecule has 0 aromatic heterocycles. The molecule has 0 aliphatic carbocycles. The molecule has 0 aliphatic rings. The number of ether oxygens (including phenoxy) is 3. The number of hydrogen-bond acceptors (Lipinski definition) is 7. The third-order valence-electron chi connectivity index (χ3n) is 6.76. The quantitative estimate of drug-likeness (QED) is 0.254. The molecular formula is C31H38ClN3O7S. The highest BCUT2D eigenvalue weighted by Crippen LogP contribution is 2.33. The van der Waals surface area contributed by atoms with Gasteiger partial charge in [0.25, 0.3) is 10.0 Å². The van der Waals surface area contributed by atoms with Crippen LogP contribution in [0.4, 0.5) is 5.69 Å². The fourth-order valence-electron chi connectivity index (χ4n) is 4.49. The van der Waals surface area contributed by atoms with Crippen molar-refractivity contribution in [2.24, 2.45) is 0 Å². The van der Waals surface area contributed by atoms with Gasteiger partial charge < -0.3 is 24.4 Å². The third kappa shape index (κ3) is 8.32. The number of carbonyl (C=O) groups is 2. The van der Waals surface area contributed by atoms with Crippen molar-refractivity contribution in [3.05, 3.63) is 77.3 Å². The standard InChI is InChI=1S/C31H38ClN3O7S/c1-6-17-33-31(37)27(7-2)34(20-22-9-8-10-25(18-22)40-3)30(36)21-35(24-13-11-23(32)12-14-24)43(38,39)26-15-16-28(41-4)29(19-26)42-5/h8-16,18-19,27H,6-7,17,20-21H2,1-5H3,(H,33,37). The van der Waals surface area contributed by atoms with Crippen LogP contribution in [0, 0.1) is 0 Å².